The number of ketones is 1. The van der Waals surface area contributed by atoms with E-state index in [1.165, 1.54) is 36.2 Å². The summed E-state index contributed by atoms with van der Waals surface area (Å²) in [5, 5.41) is 50.5. The predicted molar refractivity (Wildman–Crippen MR) is 197 cm³/mol. The summed E-state index contributed by atoms with van der Waals surface area (Å²) in [5.74, 6) is -4.61. The van der Waals surface area contributed by atoms with Crippen LogP contribution >= 0.6 is 0 Å². The van der Waals surface area contributed by atoms with E-state index in [0.717, 1.165) is 0 Å². The third-order valence-corrected chi connectivity index (χ3v) is 9.72. The van der Waals surface area contributed by atoms with Gasteiger partial charge in [-0.15, -0.1) is 0 Å². The van der Waals surface area contributed by atoms with Crippen molar-refractivity contribution in [2.24, 2.45) is 17.8 Å². The maximum absolute atomic E-state index is 14.2. The fraction of sp³-hybridized carbons (Fsp3) is 0.564. The molecular weight excluding hydrogens is 684 g/mol. The second-order valence-electron chi connectivity index (χ2n) is 14.3. The van der Waals surface area contributed by atoms with Crippen LogP contribution in [0.3, 0.4) is 0 Å². The van der Waals surface area contributed by atoms with Gasteiger partial charge in [-0.2, -0.15) is 0 Å². The number of phenolic OH excluding ortho intramolecular Hbond substituents is 1. The lowest BCUT2D eigenvalue weighted by Crippen LogP contribution is -2.63. The van der Waals surface area contributed by atoms with Crippen LogP contribution in [0.5, 0.6) is 5.75 Å². The van der Waals surface area contributed by atoms with Gasteiger partial charge in [0.05, 0.1) is 30.3 Å². The number of fused-ring (bicyclic) bond motifs is 2. The number of amides is 3. The molecule has 53 heavy (non-hydrogen) atoms. The molecule has 14 nitrogen and oxygen atoms in total. The van der Waals surface area contributed by atoms with Crippen molar-refractivity contribution >= 4 is 29.8 Å². The molecule has 0 aromatic heterocycles. The van der Waals surface area contributed by atoms with E-state index in [1.807, 2.05) is 0 Å². The fourth-order valence-electron chi connectivity index (χ4n) is 6.39. The molecule has 1 aromatic carbocycles. The Morgan fingerprint density at radius 1 is 1.08 bits per heavy atom. The summed E-state index contributed by atoms with van der Waals surface area (Å²) in [5.41, 5.74) is 4.14. The van der Waals surface area contributed by atoms with E-state index in [1.54, 1.807) is 58.1 Å². The summed E-state index contributed by atoms with van der Waals surface area (Å²) >= 11 is 0. The number of Topliss-reactive ketones (excluding diaryl/α,β-unsaturated/α-hetero) is 1. The van der Waals surface area contributed by atoms with Gasteiger partial charge in [0.1, 0.15) is 29.9 Å². The zero-order valence-corrected chi connectivity index (χ0v) is 31.2. The molecule has 0 aliphatic carbocycles. The van der Waals surface area contributed by atoms with Crippen molar-refractivity contribution in [2.75, 3.05) is 6.54 Å². The van der Waals surface area contributed by atoms with E-state index in [2.05, 4.69) is 16.1 Å². The van der Waals surface area contributed by atoms with Gasteiger partial charge in [0.25, 0.3) is 5.91 Å². The van der Waals surface area contributed by atoms with Crippen molar-refractivity contribution in [1.29, 1.82) is 0 Å². The van der Waals surface area contributed by atoms with E-state index in [0.29, 0.717) is 30.3 Å². The molecular formula is C39H56N4O10. The van der Waals surface area contributed by atoms with Crippen molar-refractivity contribution in [2.45, 2.75) is 116 Å². The molecule has 2 aliphatic heterocycles. The van der Waals surface area contributed by atoms with Crippen molar-refractivity contribution in [3.8, 4) is 5.75 Å². The molecule has 1 saturated heterocycles. The van der Waals surface area contributed by atoms with Gasteiger partial charge in [0.2, 0.25) is 11.8 Å². The molecule has 292 valence electrons. The molecule has 2 heterocycles. The highest BCUT2D eigenvalue weighted by Gasteiger charge is 2.38. The number of aromatic hydroxyl groups is 1. The number of benzene rings is 1. The third kappa shape index (κ3) is 13.0. The van der Waals surface area contributed by atoms with Crippen molar-refractivity contribution in [1.82, 2.24) is 21.1 Å². The second-order valence-corrected chi connectivity index (χ2v) is 14.3. The highest BCUT2D eigenvalue weighted by Crippen LogP contribution is 2.24. The van der Waals surface area contributed by atoms with Crippen LogP contribution in [0.15, 0.2) is 60.2 Å². The van der Waals surface area contributed by atoms with Crippen molar-refractivity contribution in [3.05, 3.63) is 65.8 Å². The Kier molecular flexibility index (Phi) is 17.0. The lowest BCUT2D eigenvalue weighted by atomic mass is 9.84. The number of aliphatic hydroxyl groups excluding tert-OH is 3. The Hall–Kier alpha value is -4.21. The number of carbonyl (C=O) groups is 5. The highest BCUT2D eigenvalue weighted by atomic mass is 16.6. The summed E-state index contributed by atoms with van der Waals surface area (Å²) in [6, 6.07) is 3.20. The van der Waals surface area contributed by atoms with Gasteiger partial charge in [-0.3, -0.25) is 24.2 Å². The van der Waals surface area contributed by atoms with Gasteiger partial charge in [0.15, 0.2) is 6.29 Å². The first kappa shape index (κ1) is 43.2. The molecule has 0 saturated carbocycles. The average molecular weight is 741 g/mol. The third-order valence-electron chi connectivity index (χ3n) is 9.72. The lowest BCUT2D eigenvalue weighted by molar-refractivity contribution is -0.166. The first-order chi connectivity index (χ1) is 25.1. The number of hydrogen-bond donors (Lipinski definition) is 7. The van der Waals surface area contributed by atoms with Gasteiger partial charge in [-0.25, -0.2) is 5.43 Å². The van der Waals surface area contributed by atoms with Crippen LogP contribution in [-0.4, -0.2) is 104 Å². The van der Waals surface area contributed by atoms with Crippen molar-refractivity contribution in [3.63, 3.8) is 0 Å². The molecule has 3 rings (SSSR count). The van der Waals surface area contributed by atoms with E-state index in [4.69, 9.17) is 4.74 Å². The summed E-state index contributed by atoms with van der Waals surface area (Å²) in [6.45, 7) is 8.30. The number of nitrogens with one attached hydrogen (secondary N) is 3. The maximum atomic E-state index is 14.2. The molecule has 14 heteroatoms. The van der Waals surface area contributed by atoms with Crippen LogP contribution in [0.25, 0.3) is 0 Å². The largest absolute Gasteiger partial charge is 0.508 e. The monoisotopic (exact) mass is 740 g/mol. The van der Waals surface area contributed by atoms with Crippen LogP contribution < -0.4 is 16.1 Å². The fourth-order valence-corrected chi connectivity index (χ4v) is 6.39. The Morgan fingerprint density at radius 3 is 2.47 bits per heavy atom. The van der Waals surface area contributed by atoms with Crippen LogP contribution in [0.2, 0.25) is 0 Å². The van der Waals surface area contributed by atoms with Gasteiger partial charge in [-0.1, -0.05) is 57.2 Å². The Morgan fingerprint density at radius 2 is 1.81 bits per heavy atom. The first-order valence-electron chi connectivity index (χ1n) is 18.2. The minimum Gasteiger partial charge on any atom is -0.508 e. The number of ether oxygens (including phenoxy) is 1. The Bertz CT molecular complexity index is 1510. The maximum Gasteiger partial charge on any atom is 0.259 e. The SMILES string of the molecule is CC(=O)CC[C@H]1C(=O)N[C@@H](C(C)C)C(=O)NC(Cc2cccc(O)c2)C(=O)N2CCCC(N2)C(O)O[C@H](/C(C)=C/C=O)C/C=C/C=C/[C@H](O)[C@H](C)[C@H]1O. The lowest BCUT2D eigenvalue weighted by Gasteiger charge is -2.38. The number of allylic oxidation sites excluding steroid dienone is 3. The summed E-state index contributed by atoms with van der Waals surface area (Å²) in [6.07, 6.45) is 4.73. The van der Waals surface area contributed by atoms with E-state index in [-0.39, 0.29) is 43.8 Å². The zero-order chi connectivity index (χ0) is 39.2. The molecule has 1 aromatic rings. The standard InChI is InChI=1S/C39H56N4O10/c1-23(2)34-37(50)40-31(22-27-11-9-12-28(46)21-27)38(51)43-19-10-13-30(42-43)39(52)53-33(24(3)18-20-44)15-8-6-7-14-32(47)26(5)35(48)29(36(49)41-34)17-16-25(4)45/h6-9,11-12,14,18,20-21,23,26,29-35,39,42,46-48,52H,10,13,15-17,19,22H2,1-5H3,(H,40,50)(H,41,49)/b8-6+,14-7+,24-18+/t26-,29+,30?,31?,32-,33-,34-,35+,39?/m0/s1. The molecule has 3 amide bonds. The first-order valence-corrected chi connectivity index (χ1v) is 18.2. The van der Waals surface area contributed by atoms with Crippen LogP contribution in [-0.2, 0) is 35.1 Å². The molecule has 0 radical (unpaired) electrons. The number of hydrogen-bond acceptors (Lipinski definition) is 11. The van der Waals surface area contributed by atoms with Crippen LogP contribution in [0, 0.1) is 17.8 Å². The zero-order valence-electron chi connectivity index (χ0n) is 31.2. The molecule has 0 spiro atoms. The minimum absolute atomic E-state index is 0.0185. The van der Waals surface area contributed by atoms with Crippen LogP contribution in [0.1, 0.15) is 72.3 Å². The summed E-state index contributed by atoms with van der Waals surface area (Å²) < 4.78 is 6.01. The second kappa shape index (κ2) is 20.9. The number of carbonyl (C=O) groups excluding carboxylic acids is 5. The average Bonchev–Trinajstić information content (AvgIpc) is 3.11. The number of nitrogens with zero attached hydrogens (tertiary/aromatic N) is 1. The molecule has 3 unspecified atom stereocenters. The number of hydrazine groups is 1. The summed E-state index contributed by atoms with van der Waals surface area (Å²) in [7, 11) is 0. The number of aldehydes is 1. The molecule has 1 fully saturated rings. The van der Waals surface area contributed by atoms with Gasteiger partial charge < -0.3 is 40.6 Å². The van der Waals surface area contributed by atoms with E-state index < -0.39 is 78.2 Å². The predicted octanol–water partition coefficient (Wildman–Crippen LogP) is 1.76. The molecule has 2 bridgehead atoms. The van der Waals surface area contributed by atoms with Crippen LogP contribution in [0.4, 0.5) is 0 Å². The molecule has 2 aliphatic rings. The van der Waals surface area contributed by atoms with Crippen molar-refractivity contribution < 1.29 is 49.1 Å². The molecule has 7 N–H and O–H groups in total. The minimum atomic E-state index is -1.40. The van der Waals surface area contributed by atoms with Gasteiger partial charge >= 0.3 is 0 Å². The Balaban J connectivity index is 2.06. The van der Waals surface area contributed by atoms with Gasteiger partial charge in [0, 0.05) is 25.3 Å². The Labute approximate surface area is 311 Å². The number of phenols is 1. The quantitative estimate of drug-likeness (QED) is 0.151. The number of rotatable bonds is 8. The topological polar surface area (TPSA) is 215 Å². The van der Waals surface area contributed by atoms with Gasteiger partial charge in [-0.05, 0) is 74.8 Å². The number of aliphatic hydroxyl groups is 3. The smallest absolute Gasteiger partial charge is 0.259 e. The summed E-state index contributed by atoms with van der Waals surface area (Å²) in [4.78, 5) is 65.2. The highest BCUT2D eigenvalue weighted by molar-refractivity contribution is 5.93. The molecule has 9 atom stereocenters. The van der Waals surface area contributed by atoms with E-state index >= 15 is 0 Å². The van der Waals surface area contributed by atoms with E-state index in [9.17, 15) is 44.4 Å². The normalized spacial score (nSPS) is 31.4.